The van der Waals surface area contributed by atoms with Gasteiger partial charge in [-0.25, -0.2) is 4.39 Å². The molecule has 1 aromatic carbocycles. The van der Waals surface area contributed by atoms with Crippen LogP contribution in [0.4, 0.5) is 10.3 Å². The maximum atomic E-state index is 13.1. The standard InChI is InChI=1S/C14H14ClFN2O/c15-11-7-9(16)4-5-10(11)13-12(18-19-14(13)17)6-8-2-1-3-8/h4-5,7-8H,1-3,6,17H2. The van der Waals surface area contributed by atoms with Gasteiger partial charge in [-0.3, -0.25) is 0 Å². The van der Waals surface area contributed by atoms with Crippen molar-refractivity contribution in [3.8, 4) is 11.1 Å². The molecule has 0 bridgehead atoms. The molecule has 0 unspecified atom stereocenters. The van der Waals surface area contributed by atoms with Crippen LogP contribution in [0, 0.1) is 11.7 Å². The van der Waals surface area contributed by atoms with Crippen LogP contribution in [-0.2, 0) is 6.42 Å². The zero-order valence-electron chi connectivity index (χ0n) is 10.3. The van der Waals surface area contributed by atoms with Crippen LogP contribution >= 0.6 is 11.6 Å². The van der Waals surface area contributed by atoms with Gasteiger partial charge in [0.05, 0.1) is 16.3 Å². The number of nitrogen functional groups attached to an aromatic ring is 1. The van der Waals surface area contributed by atoms with E-state index < -0.39 is 0 Å². The summed E-state index contributed by atoms with van der Waals surface area (Å²) >= 11 is 6.08. The molecule has 1 saturated carbocycles. The molecule has 0 saturated heterocycles. The quantitative estimate of drug-likeness (QED) is 0.922. The first kappa shape index (κ1) is 12.5. The fraction of sp³-hybridized carbons (Fsp3) is 0.357. The maximum absolute atomic E-state index is 13.1. The molecule has 0 atom stereocenters. The summed E-state index contributed by atoms with van der Waals surface area (Å²) in [5.41, 5.74) is 8.03. The van der Waals surface area contributed by atoms with Crippen LogP contribution in [-0.4, -0.2) is 5.16 Å². The zero-order chi connectivity index (χ0) is 13.4. The lowest BCUT2D eigenvalue weighted by Gasteiger charge is -2.24. The second kappa shape index (κ2) is 4.85. The van der Waals surface area contributed by atoms with Gasteiger partial charge in [-0.05, 0) is 30.5 Å². The van der Waals surface area contributed by atoms with E-state index in [0.29, 0.717) is 22.1 Å². The number of aromatic nitrogens is 1. The summed E-state index contributed by atoms with van der Waals surface area (Å²) in [6, 6.07) is 4.25. The van der Waals surface area contributed by atoms with E-state index in [0.717, 1.165) is 12.1 Å². The summed E-state index contributed by atoms with van der Waals surface area (Å²) in [6.07, 6.45) is 4.53. The van der Waals surface area contributed by atoms with Gasteiger partial charge >= 0.3 is 0 Å². The van der Waals surface area contributed by atoms with Gasteiger partial charge < -0.3 is 10.3 Å². The third kappa shape index (κ3) is 2.32. The SMILES string of the molecule is Nc1onc(CC2CCC2)c1-c1ccc(F)cc1Cl. The van der Waals surface area contributed by atoms with E-state index in [1.807, 2.05) is 0 Å². The number of halogens is 2. The van der Waals surface area contributed by atoms with Crippen LogP contribution in [0.1, 0.15) is 25.0 Å². The Morgan fingerprint density at radius 3 is 2.84 bits per heavy atom. The van der Waals surface area contributed by atoms with Crippen molar-refractivity contribution in [3.05, 3.63) is 34.7 Å². The fourth-order valence-corrected chi connectivity index (χ4v) is 2.69. The van der Waals surface area contributed by atoms with E-state index in [1.54, 1.807) is 6.07 Å². The Morgan fingerprint density at radius 1 is 1.42 bits per heavy atom. The van der Waals surface area contributed by atoms with Crippen molar-refractivity contribution in [1.29, 1.82) is 0 Å². The lowest BCUT2D eigenvalue weighted by atomic mass is 9.81. The summed E-state index contributed by atoms with van der Waals surface area (Å²) in [5, 5.41) is 4.35. The molecule has 19 heavy (non-hydrogen) atoms. The molecule has 5 heteroatoms. The molecule has 3 rings (SSSR count). The van der Waals surface area contributed by atoms with Crippen LogP contribution < -0.4 is 5.73 Å². The van der Waals surface area contributed by atoms with Crippen molar-refractivity contribution in [2.75, 3.05) is 5.73 Å². The lowest BCUT2D eigenvalue weighted by Crippen LogP contribution is -2.14. The Labute approximate surface area is 115 Å². The second-order valence-electron chi connectivity index (χ2n) is 4.99. The van der Waals surface area contributed by atoms with Gasteiger partial charge in [0.1, 0.15) is 5.82 Å². The molecule has 1 aliphatic carbocycles. The number of rotatable bonds is 3. The molecule has 0 amide bonds. The number of hydrogen-bond acceptors (Lipinski definition) is 3. The zero-order valence-corrected chi connectivity index (χ0v) is 11.1. The van der Waals surface area contributed by atoms with Gasteiger partial charge in [-0.15, -0.1) is 0 Å². The number of hydrogen-bond donors (Lipinski definition) is 1. The first-order valence-corrected chi connectivity index (χ1v) is 6.72. The van der Waals surface area contributed by atoms with E-state index in [9.17, 15) is 4.39 Å². The Balaban J connectivity index is 2.00. The van der Waals surface area contributed by atoms with E-state index in [4.69, 9.17) is 21.9 Å². The van der Waals surface area contributed by atoms with Crippen molar-refractivity contribution in [1.82, 2.24) is 5.16 Å². The summed E-state index contributed by atoms with van der Waals surface area (Å²) in [5.74, 6) is 0.509. The maximum Gasteiger partial charge on any atom is 0.230 e. The molecule has 1 fully saturated rings. The summed E-state index contributed by atoms with van der Waals surface area (Å²) in [4.78, 5) is 0. The number of nitrogens with two attached hydrogens (primary N) is 1. The van der Waals surface area contributed by atoms with Crippen LogP contribution in [0.2, 0.25) is 5.02 Å². The van der Waals surface area contributed by atoms with E-state index >= 15 is 0 Å². The summed E-state index contributed by atoms with van der Waals surface area (Å²) < 4.78 is 18.2. The minimum absolute atomic E-state index is 0.239. The van der Waals surface area contributed by atoms with Crippen molar-refractivity contribution in [2.45, 2.75) is 25.7 Å². The minimum atomic E-state index is -0.371. The van der Waals surface area contributed by atoms with Crippen molar-refractivity contribution < 1.29 is 8.91 Å². The lowest BCUT2D eigenvalue weighted by molar-refractivity contribution is 0.306. The molecule has 0 spiro atoms. The van der Waals surface area contributed by atoms with Crippen molar-refractivity contribution in [2.24, 2.45) is 5.92 Å². The largest absolute Gasteiger partial charge is 0.367 e. The highest BCUT2D eigenvalue weighted by atomic mass is 35.5. The van der Waals surface area contributed by atoms with E-state index in [2.05, 4.69) is 5.16 Å². The predicted octanol–water partition coefficient (Wildman–Crippen LogP) is 4.06. The van der Waals surface area contributed by atoms with Crippen LogP contribution in [0.3, 0.4) is 0 Å². The Kier molecular flexibility index (Phi) is 3.19. The molecule has 0 radical (unpaired) electrons. The molecule has 1 aliphatic rings. The number of anilines is 1. The predicted molar refractivity (Wildman–Crippen MR) is 72.4 cm³/mol. The smallest absolute Gasteiger partial charge is 0.230 e. The molecular weight excluding hydrogens is 267 g/mol. The second-order valence-corrected chi connectivity index (χ2v) is 5.40. The normalized spacial score (nSPS) is 15.5. The molecule has 1 aromatic heterocycles. The fourth-order valence-electron chi connectivity index (χ4n) is 2.43. The Bertz CT molecular complexity index is 607. The molecule has 1 heterocycles. The average molecular weight is 281 g/mol. The number of nitrogens with zero attached hydrogens (tertiary/aromatic N) is 1. The molecule has 100 valence electrons. The summed E-state index contributed by atoms with van der Waals surface area (Å²) in [7, 11) is 0. The highest BCUT2D eigenvalue weighted by molar-refractivity contribution is 6.33. The molecule has 2 aromatic rings. The first-order chi connectivity index (χ1) is 9.15. The topological polar surface area (TPSA) is 52.0 Å². The van der Waals surface area contributed by atoms with Gasteiger partial charge in [0.25, 0.3) is 0 Å². The average Bonchev–Trinajstić information content (AvgIpc) is 2.66. The molecule has 2 N–H and O–H groups in total. The van der Waals surface area contributed by atoms with Gasteiger partial charge in [-0.1, -0.05) is 36.0 Å². The third-order valence-corrected chi connectivity index (χ3v) is 4.01. The summed E-state index contributed by atoms with van der Waals surface area (Å²) in [6.45, 7) is 0. The molecule has 0 aliphatic heterocycles. The van der Waals surface area contributed by atoms with Gasteiger partial charge in [0.15, 0.2) is 0 Å². The number of benzene rings is 1. The minimum Gasteiger partial charge on any atom is -0.367 e. The highest BCUT2D eigenvalue weighted by Gasteiger charge is 2.24. The first-order valence-electron chi connectivity index (χ1n) is 6.34. The molecular formula is C14H14ClFN2O. The Hall–Kier alpha value is -1.55. The monoisotopic (exact) mass is 280 g/mol. The highest BCUT2D eigenvalue weighted by Crippen LogP contribution is 2.38. The van der Waals surface area contributed by atoms with E-state index in [1.165, 1.54) is 31.4 Å². The molecule has 3 nitrogen and oxygen atoms in total. The van der Waals surface area contributed by atoms with Crippen molar-refractivity contribution in [3.63, 3.8) is 0 Å². The van der Waals surface area contributed by atoms with Gasteiger partial charge in [0.2, 0.25) is 5.88 Å². The van der Waals surface area contributed by atoms with Crippen LogP contribution in [0.25, 0.3) is 11.1 Å². The van der Waals surface area contributed by atoms with Crippen LogP contribution in [0.15, 0.2) is 22.7 Å². The van der Waals surface area contributed by atoms with Gasteiger partial charge in [0, 0.05) is 5.56 Å². The van der Waals surface area contributed by atoms with Crippen molar-refractivity contribution >= 4 is 17.5 Å². The van der Waals surface area contributed by atoms with Gasteiger partial charge in [-0.2, -0.15) is 0 Å². The third-order valence-electron chi connectivity index (χ3n) is 3.70. The van der Waals surface area contributed by atoms with Crippen LogP contribution in [0.5, 0.6) is 0 Å². The Morgan fingerprint density at radius 2 is 2.21 bits per heavy atom. The van der Waals surface area contributed by atoms with E-state index in [-0.39, 0.29) is 11.7 Å².